The fourth-order valence-corrected chi connectivity index (χ4v) is 2.59. The molecule has 0 saturated heterocycles. The molecule has 1 aliphatic heterocycles. The molecule has 2 N–H and O–H groups in total. The molecule has 106 valence electrons. The van der Waals surface area contributed by atoms with Gasteiger partial charge in [-0.3, -0.25) is 0 Å². The Hall–Kier alpha value is -1.10. The number of ether oxygens (including phenoxy) is 2. The highest BCUT2D eigenvalue weighted by Gasteiger charge is 2.34. The van der Waals surface area contributed by atoms with Crippen molar-refractivity contribution in [2.75, 3.05) is 20.3 Å². The molecule has 1 aromatic rings. The zero-order valence-electron chi connectivity index (χ0n) is 11.8. The summed E-state index contributed by atoms with van der Waals surface area (Å²) >= 11 is 0. The van der Waals surface area contributed by atoms with Crippen LogP contribution in [-0.4, -0.2) is 37.1 Å². The summed E-state index contributed by atoms with van der Waals surface area (Å²) in [6.45, 7) is 4.73. The van der Waals surface area contributed by atoms with E-state index in [0.717, 1.165) is 17.7 Å². The molecule has 1 aliphatic rings. The SMILES string of the molecule is COCC(CO)NC1CC(C)(C)Oc2ccccc21. The number of aliphatic hydroxyl groups excluding tert-OH is 1. The van der Waals surface area contributed by atoms with Gasteiger partial charge in [0.05, 0.1) is 19.3 Å². The molecule has 0 bridgehead atoms. The molecule has 1 heterocycles. The summed E-state index contributed by atoms with van der Waals surface area (Å²) in [5, 5.41) is 12.9. The summed E-state index contributed by atoms with van der Waals surface area (Å²) < 4.78 is 11.1. The number of methoxy groups -OCH3 is 1. The number of para-hydroxylation sites is 1. The molecule has 1 aromatic carbocycles. The summed E-state index contributed by atoms with van der Waals surface area (Å²) in [5.74, 6) is 0.922. The smallest absolute Gasteiger partial charge is 0.124 e. The first kappa shape index (κ1) is 14.3. The first-order valence-electron chi connectivity index (χ1n) is 6.69. The van der Waals surface area contributed by atoms with E-state index in [1.54, 1.807) is 7.11 Å². The van der Waals surface area contributed by atoms with Crippen LogP contribution in [0.1, 0.15) is 31.9 Å². The van der Waals surface area contributed by atoms with Crippen LogP contribution in [0.25, 0.3) is 0 Å². The van der Waals surface area contributed by atoms with Crippen molar-refractivity contribution >= 4 is 0 Å². The molecule has 2 rings (SSSR count). The lowest BCUT2D eigenvalue weighted by molar-refractivity contribution is 0.0538. The summed E-state index contributed by atoms with van der Waals surface area (Å²) in [6.07, 6.45) is 0.865. The van der Waals surface area contributed by atoms with E-state index < -0.39 is 0 Å². The Morgan fingerprint density at radius 3 is 2.89 bits per heavy atom. The summed E-state index contributed by atoms with van der Waals surface area (Å²) in [5.41, 5.74) is 0.940. The van der Waals surface area contributed by atoms with Crippen LogP contribution < -0.4 is 10.1 Å². The maximum atomic E-state index is 9.39. The van der Waals surface area contributed by atoms with Crippen molar-refractivity contribution in [3.63, 3.8) is 0 Å². The highest BCUT2D eigenvalue weighted by atomic mass is 16.5. The van der Waals surface area contributed by atoms with E-state index in [0.29, 0.717) is 6.61 Å². The molecular weight excluding hydrogens is 242 g/mol. The van der Waals surface area contributed by atoms with Crippen molar-refractivity contribution < 1.29 is 14.6 Å². The van der Waals surface area contributed by atoms with Gasteiger partial charge in [0.15, 0.2) is 0 Å². The van der Waals surface area contributed by atoms with Crippen molar-refractivity contribution in [1.29, 1.82) is 0 Å². The largest absolute Gasteiger partial charge is 0.487 e. The van der Waals surface area contributed by atoms with E-state index in [-0.39, 0.29) is 24.3 Å². The molecule has 0 saturated carbocycles. The molecule has 0 aromatic heterocycles. The van der Waals surface area contributed by atoms with Crippen molar-refractivity contribution in [1.82, 2.24) is 5.32 Å². The number of nitrogens with one attached hydrogen (secondary N) is 1. The molecular formula is C15H23NO3. The normalized spacial score (nSPS) is 22.4. The Morgan fingerprint density at radius 2 is 2.21 bits per heavy atom. The molecule has 4 nitrogen and oxygen atoms in total. The minimum atomic E-state index is -0.209. The predicted molar refractivity (Wildman–Crippen MR) is 74.4 cm³/mol. The third-order valence-electron chi connectivity index (χ3n) is 3.40. The molecule has 4 heteroatoms. The maximum absolute atomic E-state index is 9.39. The van der Waals surface area contributed by atoms with E-state index in [1.165, 1.54) is 0 Å². The molecule has 0 radical (unpaired) electrons. The number of rotatable bonds is 5. The van der Waals surface area contributed by atoms with Gasteiger partial charge in [-0.15, -0.1) is 0 Å². The van der Waals surface area contributed by atoms with Gasteiger partial charge in [-0.05, 0) is 19.9 Å². The lowest BCUT2D eigenvalue weighted by Crippen LogP contribution is -2.45. The number of hydrogen-bond acceptors (Lipinski definition) is 4. The van der Waals surface area contributed by atoms with Crippen LogP contribution in [0.5, 0.6) is 5.75 Å². The molecule has 2 atom stereocenters. The van der Waals surface area contributed by atoms with Gasteiger partial charge < -0.3 is 19.9 Å². The topological polar surface area (TPSA) is 50.7 Å². The molecule has 0 fully saturated rings. The Morgan fingerprint density at radius 1 is 1.47 bits per heavy atom. The van der Waals surface area contributed by atoms with Gasteiger partial charge in [0.2, 0.25) is 0 Å². The van der Waals surface area contributed by atoms with E-state index in [9.17, 15) is 5.11 Å². The lowest BCUT2D eigenvalue weighted by Gasteiger charge is -2.39. The highest BCUT2D eigenvalue weighted by Crippen LogP contribution is 2.39. The van der Waals surface area contributed by atoms with Crippen LogP contribution in [0.3, 0.4) is 0 Å². The molecule has 2 unspecified atom stereocenters. The van der Waals surface area contributed by atoms with Crippen LogP contribution in [-0.2, 0) is 4.74 Å². The van der Waals surface area contributed by atoms with Crippen LogP contribution >= 0.6 is 0 Å². The van der Waals surface area contributed by atoms with Crippen LogP contribution in [0.15, 0.2) is 24.3 Å². The highest BCUT2D eigenvalue weighted by molar-refractivity contribution is 5.38. The minimum absolute atomic E-state index is 0.0584. The number of aliphatic hydroxyl groups is 1. The second-order valence-electron chi connectivity index (χ2n) is 5.66. The minimum Gasteiger partial charge on any atom is -0.487 e. The van der Waals surface area contributed by atoms with Gasteiger partial charge in [-0.1, -0.05) is 18.2 Å². The first-order chi connectivity index (χ1) is 9.05. The average molecular weight is 265 g/mol. The Balaban J connectivity index is 2.19. The van der Waals surface area contributed by atoms with E-state index in [1.807, 2.05) is 18.2 Å². The maximum Gasteiger partial charge on any atom is 0.124 e. The van der Waals surface area contributed by atoms with Crippen molar-refractivity contribution in [2.24, 2.45) is 0 Å². The molecule has 19 heavy (non-hydrogen) atoms. The Bertz CT molecular complexity index is 420. The zero-order chi connectivity index (χ0) is 13.9. The average Bonchev–Trinajstić information content (AvgIpc) is 2.36. The first-order valence-corrected chi connectivity index (χ1v) is 6.69. The second kappa shape index (κ2) is 5.90. The van der Waals surface area contributed by atoms with E-state index in [2.05, 4.69) is 25.2 Å². The number of hydrogen-bond donors (Lipinski definition) is 2. The quantitative estimate of drug-likeness (QED) is 0.853. The van der Waals surface area contributed by atoms with Gasteiger partial charge in [-0.25, -0.2) is 0 Å². The monoisotopic (exact) mass is 265 g/mol. The van der Waals surface area contributed by atoms with Crippen LogP contribution in [0, 0.1) is 0 Å². The Labute approximate surface area is 114 Å². The van der Waals surface area contributed by atoms with E-state index in [4.69, 9.17) is 9.47 Å². The third kappa shape index (κ3) is 3.47. The van der Waals surface area contributed by atoms with Crippen LogP contribution in [0.2, 0.25) is 0 Å². The third-order valence-corrected chi connectivity index (χ3v) is 3.40. The summed E-state index contributed by atoms with van der Waals surface area (Å²) in [6, 6.07) is 8.18. The number of fused-ring (bicyclic) bond motifs is 1. The van der Waals surface area contributed by atoms with Gasteiger partial charge >= 0.3 is 0 Å². The van der Waals surface area contributed by atoms with Crippen molar-refractivity contribution in [3.05, 3.63) is 29.8 Å². The Kier molecular flexibility index (Phi) is 4.45. The number of benzene rings is 1. The standard InChI is InChI=1S/C15H23NO3/c1-15(2)8-13(16-11(9-17)10-18-3)12-6-4-5-7-14(12)19-15/h4-7,11,13,16-17H,8-10H2,1-3H3. The lowest BCUT2D eigenvalue weighted by atomic mass is 9.89. The zero-order valence-corrected chi connectivity index (χ0v) is 11.8. The van der Waals surface area contributed by atoms with Gasteiger partial charge in [-0.2, -0.15) is 0 Å². The molecule has 0 spiro atoms. The summed E-state index contributed by atoms with van der Waals surface area (Å²) in [4.78, 5) is 0. The van der Waals surface area contributed by atoms with E-state index >= 15 is 0 Å². The summed E-state index contributed by atoms with van der Waals surface area (Å²) in [7, 11) is 1.65. The van der Waals surface area contributed by atoms with Gasteiger partial charge in [0.1, 0.15) is 11.4 Å². The fourth-order valence-electron chi connectivity index (χ4n) is 2.59. The molecule has 0 amide bonds. The molecule has 0 aliphatic carbocycles. The van der Waals surface area contributed by atoms with Gasteiger partial charge in [0.25, 0.3) is 0 Å². The van der Waals surface area contributed by atoms with Gasteiger partial charge in [0, 0.05) is 25.1 Å². The fraction of sp³-hybridized carbons (Fsp3) is 0.600. The van der Waals surface area contributed by atoms with Crippen molar-refractivity contribution in [3.8, 4) is 5.75 Å². The second-order valence-corrected chi connectivity index (χ2v) is 5.66. The van der Waals surface area contributed by atoms with Crippen LogP contribution in [0.4, 0.5) is 0 Å². The van der Waals surface area contributed by atoms with Crippen molar-refractivity contribution in [2.45, 2.75) is 38.0 Å². The predicted octanol–water partition coefficient (Wildman–Crippen LogP) is 1.89.